The van der Waals surface area contributed by atoms with Crippen molar-refractivity contribution in [3.63, 3.8) is 0 Å². The number of amides is 1. The van der Waals surface area contributed by atoms with E-state index in [4.69, 9.17) is 5.10 Å². The van der Waals surface area contributed by atoms with Gasteiger partial charge in [0.2, 0.25) is 0 Å². The Kier molecular flexibility index (Phi) is 5.33. The molecule has 3 heterocycles. The first-order valence-electron chi connectivity index (χ1n) is 10.5. The quantitative estimate of drug-likeness (QED) is 0.529. The number of hydrogen-bond acceptors (Lipinski definition) is 5. The van der Waals surface area contributed by atoms with E-state index in [1.165, 1.54) is 5.56 Å². The number of carbonyl (C=O) groups excluding carboxylic acids is 1. The Bertz CT molecular complexity index is 1200. The first-order chi connectivity index (χ1) is 15.3. The highest BCUT2D eigenvalue weighted by molar-refractivity contribution is 5.95. The number of carbonyl (C=O) groups is 1. The number of benzene rings is 2. The van der Waals surface area contributed by atoms with Gasteiger partial charge in [0.1, 0.15) is 5.82 Å². The van der Waals surface area contributed by atoms with Crippen LogP contribution in [0.25, 0.3) is 16.9 Å². The van der Waals surface area contributed by atoms with Crippen LogP contribution in [0.15, 0.2) is 72.9 Å². The molecule has 4 bridgehead atoms. The van der Waals surface area contributed by atoms with E-state index < -0.39 is 0 Å². The minimum atomic E-state index is -0.0722. The maximum atomic E-state index is 12.8. The molecule has 0 radical (unpaired) electrons. The summed E-state index contributed by atoms with van der Waals surface area (Å²) in [6.45, 7) is 3.75. The summed E-state index contributed by atoms with van der Waals surface area (Å²) in [6.07, 6.45) is 1.79. The molecule has 156 valence electrons. The molecular weight excluding hydrogens is 388 g/mol. The molecule has 7 nitrogen and oxygen atoms in total. The molecule has 0 aliphatic carbocycles. The van der Waals surface area contributed by atoms with Crippen molar-refractivity contribution in [2.45, 2.75) is 6.54 Å². The monoisotopic (exact) mass is 412 g/mol. The Hall–Kier alpha value is -3.71. The Balaban J connectivity index is 1.46. The van der Waals surface area contributed by atoms with Crippen LogP contribution in [0, 0.1) is 0 Å². The van der Waals surface area contributed by atoms with E-state index in [1.54, 1.807) is 6.20 Å². The van der Waals surface area contributed by atoms with Crippen molar-refractivity contribution >= 4 is 17.4 Å². The summed E-state index contributed by atoms with van der Waals surface area (Å²) < 4.78 is 1.82. The summed E-state index contributed by atoms with van der Waals surface area (Å²) in [7, 11) is 0. The van der Waals surface area contributed by atoms with Crippen molar-refractivity contribution in [1.82, 2.24) is 24.8 Å². The number of aromatic nitrogens is 3. The summed E-state index contributed by atoms with van der Waals surface area (Å²) in [5.74, 6) is 0.726. The maximum Gasteiger partial charge on any atom is 0.251 e. The van der Waals surface area contributed by atoms with Crippen LogP contribution in [0.2, 0.25) is 0 Å². The molecular formula is C24H24N6O. The van der Waals surface area contributed by atoms with Gasteiger partial charge >= 0.3 is 0 Å². The number of nitrogens with zero attached hydrogens (tertiary/aromatic N) is 4. The maximum absolute atomic E-state index is 12.8. The van der Waals surface area contributed by atoms with Crippen molar-refractivity contribution < 1.29 is 4.79 Å². The van der Waals surface area contributed by atoms with Gasteiger partial charge in [0, 0.05) is 43.9 Å². The predicted octanol–water partition coefficient (Wildman–Crippen LogP) is 3.05. The molecule has 31 heavy (non-hydrogen) atoms. The molecule has 0 unspecified atom stereocenters. The van der Waals surface area contributed by atoms with Crippen molar-refractivity contribution in [2.75, 3.05) is 31.5 Å². The summed E-state index contributed by atoms with van der Waals surface area (Å²) in [5, 5.41) is 11.2. The van der Waals surface area contributed by atoms with Gasteiger partial charge in [0.25, 0.3) is 5.91 Å². The lowest BCUT2D eigenvalue weighted by atomic mass is 10.1. The molecule has 1 aliphatic heterocycles. The van der Waals surface area contributed by atoms with E-state index in [2.05, 4.69) is 44.8 Å². The lowest BCUT2D eigenvalue weighted by Crippen LogP contribution is -2.37. The second-order valence-corrected chi connectivity index (χ2v) is 7.66. The number of hydrogen-bond donors (Lipinski definition) is 2. The molecule has 1 aliphatic rings. The number of anilines is 1. The van der Waals surface area contributed by atoms with E-state index in [0.717, 1.165) is 48.9 Å². The Morgan fingerprint density at radius 1 is 0.871 bits per heavy atom. The van der Waals surface area contributed by atoms with Gasteiger partial charge in [0.05, 0.1) is 11.9 Å². The average molecular weight is 412 g/mol. The zero-order valence-electron chi connectivity index (χ0n) is 17.2. The Labute approximate surface area is 180 Å². The molecule has 0 saturated carbocycles. The second kappa shape index (κ2) is 8.57. The number of fused-ring (bicyclic) bond motifs is 4. The Morgan fingerprint density at radius 3 is 2.55 bits per heavy atom. The molecule has 5 rings (SSSR count). The topological polar surface area (TPSA) is 74.6 Å². The normalized spacial score (nSPS) is 15.2. The fourth-order valence-electron chi connectivity index (χ4n) is 3.87. The molecule has 0 saturated heterocycles. The standard InChI is InChI=1S/C24H24N6O/c31-24-20-8-4-7-19(15-20)21-16-27-23-10-9-22(28-30(21)23)25-11-13-29(14-12-26-24)17-18-5-2-1-3-6-18/h1-10,15-16H,11-14,17H2,(H,25,28)(H,26,31). The molecule has 4 aromatic rings. The molecule has 7 heteroatoms. The van der Waals surface area contributed by atoms with Gasteiger partial charge in [-0.25, -0.2) is 9.50 Å². The third kappa shape index (κ3) is 4.27. The lowest BCUT2D eigenvalue weighted by molar-refractivity contribution is 0.0948. The van der Waals surface area contributed by atoms with Crippen LogP contribution in [0.1, 0.15) is 15.9 Å². The Morgan fingerprint density at radius 2 is 1.68 bits per heavy atom. The van der Waals surface area contributed by atoms with Crippen molar-refractivity contribution in [3.05, 3.63) is 84.1 Å². The van der Waals surface area contributed by atoms with E-state index in [0.29, 0.717) is 12.1 Å². The third-order valence-electron chi connectivity index (χ3n) is 5.48. The summed E-state index contributed by atoms with van der Waals surface area (Å²) in [5.41, 5.74) is 4.41. The molecule has 0 atom stereocenters. The first-order valence-corrected chi connectivity index (χ1v) is 10.5. The van der Waals surface area contributed by atoms with Gasteiger partial charge in [-0.1, -0.05) is 42.5 Å². The minimum Gasteiger partial charge on any atom is -0.367 e. The van der Waals surface area contributed by atoms with Crippen LogP contribution >= 0.6 is 0 Å². The smallest absolute Gasteiger partial charge is 0.251 e. The molecule has 0 fully saturated rings. The highest BCUT2D eigenvalue weighted by Crippen LogP contribution is 2.22. The summed E-state index contributed by atoms with van der Waals surface area (Å²) >= 11 is 0. The van der Waals surface area contributed by atoms with Gasteiger partial charge in [0.15, 0.2) is 5.65 Å². The van der Waals surface area contributed by atoms with Crippen LogP contribution in [-0.4, -0.2) is 51.6 Å². The average Bonchev–Trinajstić information content (AvgIpc) is 3.22. The predicted molar refractivity (Wildman–Crippen MR) is 121 cm³/mol. The van der Waals surface area contributed by atoms with E-state index >= 15 is 0 Å². The molecule has 2 aromatic heterocycles. The van der Waals surface area contributed by atoms with Crippen LogP contribution in [-0.2, 0) is 6.54 Å². The van der Waals surface area contributed by atoms with E-state index in [1.807, 2.05) is 47.0 Å². The summed E-state index contributed by atoms with van der Waals surface area (Å²) in [6, 6.07) is 21.9. The zero-order chi connectivity index (χ0) is 21.0. The fraction of sp³-hybridized carbons (Fsp3) is 0.208. The van der Waals surface area contributed by atoms with Gasteiger partial charge < -0.3 is 10.6 Å². The zero-order valence-corrected chi connectivity index (χ0v) is 17.2. The third-order valence-corrected chi connectivity index (χ3v) is 5.48. The molecule has 2 aromatic carbocycles. The molecule has 0 spiro atoms. The van der Waals surface area contributed by atoms with Crippen molar-refractivity contribution in [2.24, 2.45) is 0 Å². The van der Waals surface area contributed by atoms with Crippen LogP contribution in [0.4, 0.5) is 5.82 Å². The van der Waals surface area contributed by atoms with E-state index in [-0.39, 0.29) is 5.91 Å². The van der Waals surface area contributed by atoms with Gasteiger partial charge in [-0.15, -0.1) is 5.10 Å². The fourth-order valence-corrected chi connectivity index (χ4v) is 3.87. The number of imidazole rings is 1. The van der Waals surface area contributed by atoms with Crippen molar-refractivity contribution in [1.29, 1.82) is 0 Å². The molecule has 2 N–H and O–H groups in total. The summed E-state index contributed by atoms with van der Waals surface area (Å²) in [4.78, 5) is 19.6. The SMILES string of the molecule is O=C1NCCN(Cc2ccccc2)CCNc2ccc3ncc(n3n2)-c2cccc1c2. The largest absolute Gasteiger partial charge is 0.367 e. The van der Waals surface area contributed by atoms with Crippen LogP contribution < -0.4 is 10.6 Å². The minimum absolute atomic E-state index is 0.0722. The first kappa shape index (κ1) is 19.3. The second-order valence-electron chi connectivity index (χ2n) is 7.66. The number of nitrogens with one attached hydrogen (secondary N) is 2. The highest BCUT2D eigenvalue weighted by atomic mass is 16.1. The van der Waals surface area contributed by atoms with Gasteiger partial charge in [-0.05, 0) is 29.8 Å². The molecule has 1 amide bonds. The number of rotatable bonds is 2. The van der Waals surface area contributed by atoms with Crippen molar-refractivity contribution in [3.8, 4) is 11.3 Å². The lowest BCUT2D eigenvalue weighted by Gasteiger charge is -2.23. The highest BCUT2D eigenvalue weighted by Gasteiger charge is 2.13. The van der Waals surface area contributed by atoms with Gasteiger partial charge in [-0.3, -0.25) is 9.69 Å². The van der Waals surface area contributed by atoms with Crippen LogP contribution in [0.3, 0.4) is 0 Å². The van der Waals surface area contributed by atoms with E-state index in [9.17, 15) is 4.79 Å². The van der Waals surface area contributed by atoms with Crippen LogP contribution in [0.5, 0.6) is 0 Å². The van der Waals surface area contributed by atoms with Gasteiger partial charge in [-0.2, -0.15) is 0 Å².